The molecule has 168 valence electrons. The highest BCUT2D eigenvalue weighted by Crippen LogP contribution is 2.38. The number of anilines is 1. The smallest absolute Gasteiger partial charge is 0.269 e. The summed E-state index contributed by atoms with van der Waals surface area (Å²) in [5.41, 5.74) is 4.97. The van der Waals surface area contributed by atoms with Crippen LogP contribution in [0.15, 0.2) is 77.7 Å². The quantitative estimate of drug-likeness (QED) is 0.669. The van der Waals surface area contributed by atoms with Gasteiger partial charge in [-0.3, -0.25) is 9.69 Å². The molecule has 0 saturated carbocycles. The summed E-state index contributed by atoms with van der Waals surface area (Å²) in [5.74, 6) is 0.634. The number of hydrogen-bond acceptors (Lipinski definition) is 4. The van der Waals surface area contributed by atoms with E-state index < -0.39 is 0 Å². The zero-order chi connectivity index (χ0) is 22.4. The molecule has 4 heterocycles. The van der Waals surface area contributed by atoms with Gasteiger partial charge >= 0.3 is 0 Å². The Labute approximate surface area is 193 Å². The maximum absolute atomic E-state index is 11.5. The topological polar surface area (TPSA) is 50.1 Å². The van der Waals surface area contributed by atoms with Crippen molar-refractivity contribution in [3.8, 4) is 0 Å². The molecule has 1 aromatic carbocycles. The minimum Gasteiger partial charge on any atom is -0.489 e. The number of dihydropyridines is 1. The number of rotatable bonds is 5. The zero-order valence-corrected chi connectivity index (χ0v) is 18.9. The van der Waals surface area contributed by atoms with E-state index in [9.17, 15) is 4.79 Å². The van der Waals surface area contributed by atoms with E-state index in [0.29, 0.717) is 12.6 Å². The average Bonchev–Trinajstić information content (AvgIpc) is 3.14. The molecular weight excluding hydrogens is 412 g/mol. The fraction of sp³-hybridized carbons (Fsp3) is 0.333. The molecule has 3 aliphatic heterocycles. The molecule has 1 saturated heterocycles. The molecule has 0 radical (unpaired) electrons. The summed E-state index contributed by atoms with van der Waals surface area (Å²) < 4.78 is 8.12. The number of ether oxygens (including phenoxy) is 1. The van der Waals surface area contributed by atoms with Crippen LogP contribution >= 0.6 is 0 Å². The molecule has 6 heteroatoms. The van der Waals surface area contributed by atoms with Crippen LogP contribution in [0.2, 0.25) is 0 Å². The predicted octanol–water partition coefficient (Wildman–Crippen LogP) is 3.41. The third-order valence-electron chi connectivity index (χ3n) is 7.06. The van der Waals surface area contributed by atoms with Crippen molar-refractivity contribution < 1.29 is 9.53 Å². The van der Waals surface area contributed by atoms with Crippen molar-refractivity contribution >= 4 is 28.2 Å². The normalized spacial score (nSPS) is 24.2. The van der Waals surface area contributed by atoms with E-state index in [2.05, 4.69) is 63.0 Å². The van der Waals surface area contributed by atoms with E-state index in [4.69, 9.17) is 4.74 Å². The van der Waals surface area contributed by atoms with E-state index in [1.807, 2.05) is 24.3 Å². The Morgan fingerprint density at radius 2 is 2.09 bits per heavy atom. The Morgan fingerprint density at radius 3 is 3.03 bits per heavy atom. The molecule has 1 aliphatic carbocycles. The second-order valence-electron chi connectivity index (χ2n) is 9.20. The molecule has 0 N–H and O–H groups in total. The van der Waals surface area contributed by atoms with Crippen molar-refractivity contribution in [2.45, 2.75) is 12.5 Å². The SMILES string of the molecule is Cn1cc2c3c(cccc31)N1CCN(C/C=C/COC3=CC4=NC(=O)C=CC4C=C3)CC1C2. The van der Waals surface area contributed by atoms with Crippen molar-refractivity contribution in [1.29, 1.82) is 0 Å². The first kappa shape index (κ1) is 20.2. The number of aromatic nitrogens is 1. The molecule has 0 spiro atoms. The van der Waals surface area contributed by atoms with E-state index in [-0.39, 0.29) is 11.8 Å². The average molecular weight is 441 g/mol. The number of aliphatic imine (C=N–C) groups is 1. The van der Waals surface area contributed by atoms with Crippen molar-refractivity contribution in [3.63, 3.8) is 0 Å². The number of fused-ring (bicyclic) bond motifs is 3. The zero-order valence-electron chi connectivity index (χ0n) is 18.9. The molecule has 2 aromatic rings. The summed E-state index contributed by atoms with van der Waals surface area (Å²) in [6, 6.07) is 7.22. The van der Waals surface area contributed by atoms with E-state index in [1.165, 1.54) is 28.2 Å². The third kappa shape index (κ3) is 3.74. The molecule has 1 amide bonds. The summed E-state index contributed by atoms with van der Waals surface area (Å²) in [7, 11) is 2.15. The van der Waals surface area contributed by atoms with Crippen LogP contribution in [0.3, 0.4) is 0 Å². The minimum atomic E-state index is -0.203. The molecule has 6 rings (SSSR count). The summed E-state index contributed by atoms with van der Waals surface area (Å²) in [4.78, 5) is 20.7. The van der Waals surface area contributed by atoms with Crippen LogP contribution in [0.1, 0.15) is 5.56 Å². The van der Waals surface area contributed by atoms with Crippen LogP contribution < -0.4 is 4.90 Å². The molecule has 1 fully saturated rings. The highest BCUT2D eigenvalue weighted by Gasteiger charge is 2.33. The van der Waals surface area contributed by atoms with E-state index in [1.54, 1.807) is 0 Å². The molecule has 6 nitrogen and oxygen atoms in total. The first-order chi connectivity index (χ1) is 16.2. The lowest BCUT2D eigenvalue weighted by molar-refractivity contribution is -0.113. The van der Waals surface area contributed by atoms with Gasteiger partial charge in [0.1, 0.15) is 12.4 Å². The van der Waals surface area contributed by atoms with Gasteiger partial charge in [0.2, 0.25) is 0 Å². The highest BCUT2D eigenvalue weighted by molar-refractivity contribution is 6.11. The molecule has 2 unspecified atom stereocenters. The van der Waals surface area contributed by atoms with Crippen LogP contribution in [0.25, 0.3) is 10.9 Å². The lowest BCUT2D eigenvalue weighted by Gasteiger charge is -2.45. The first-order valence-electron chi connectivity index (χ1n) is 11.7. The van der Waals surface area contributed by atoms with E-state index >= 15 is 0 Å². The van der Waals surface area contributed by atoms with Gasteiger partial charge in [0.15, 0.2) is 0 Å². The summed E-state index contributed by atoms with van der Waals surface area (Å²) in [5, 5.41) is 1.44. The fourth-order valence-corrected chi connectivity index (χ4v) is 5.48. The van der Waals surface area contributed by atoms with Gasteiger partial charge < -0.3 is 14.2 Å². The predicted molar refractivity (Wildman–Crippen MR) is 132 cm³/mol. The van der Waals surface area contributed by atoms with E-state index in [0.717, 1.165) is 44.1 Å². The Hall–Kier alpha value is -3.38. The van der Waals surface area contributed by atoms with Crippen molar-refractivity contribution in [2.75, 3.05) is 37.7 Å². The van der Waals surface area contributed by atoms with Crippen molar-refractivity contribution in [3.05, 3.63) is 78.3 Å². The number of carbonyl (C=O) groups excluding carboxylic acids is 1. The lowest BCUT2D eigenvalue weighted by atomic mass is 9.94. The molecule has 2 atom stereocenters. The minimum absolute atomic E-state index is 0.0861. The highest BCUT2D eigenvalue weighted by atomic mass is 16.5. The number of benzene rings is 1. The van der Waals surface area contributed by atoms with Gasteiger partial charge in [-0.15, -0.1) is 0 Å². The Bertz CT molecular complexity index is 1260. The van der Waals surface area contributed by atoms with Gasteiger partial charge in [-0.1, -0.05) is 30.4 Å². The summed E-state index contributed by atoms with van der Waals surface area (Å²) in [6.07, 6.45) is 16.9. The molecule has 0 bridgehead atoms. The number of aryl methyl sites for hydroxylation is 1. The Morgan fingerprint density at radius 1 is 1.18 bits per heavy atom. The summed E-state index contributed by atoms with van der Waals surface area (Å²) in [6.45, 7) is 4.65. The number of amides is 1. The maximum Gasteiger partial charge on any atom is 0.269 e. The largest absolute Gasteiger partial charge is 0.489 e. The van der Waals surface area contributed by atoms with Gasteiger partial charge in [-0.25, -0.2) is 4.99 Å². The molecule has 4 aliphatic rings. The number of carbonyl (C=O) groups is 1. The fourth-order valence-electron chi connectivity index (χ4n) is 5.48. The van der Waals surface area contributed by atoms with Crippen LogP contribution in [-0.2, 0) is 23.0 Å². The summed E-state index contributed by atoms with van der Waals surface area (Å²) >= 11 is 0. The van der Waals surface area contributed by atoms with Crippen molar-refractivity contribution in [1.82, 2.24) is 9.47 Å². The van der Waals surface area contributed by atoms with Crippen LogP contribution in [0.5, 0.6) is 0 Å². The molecular formula is C27H28N4O2. The van der Waals surface area contributed by atoms with Crippen molar-refractivity contribution in [2.24, 2.45) is 18.0 Å². The van der Waals surface area contributed by atoms with Crippen LogP contribution in [0, 0.1) is 5.92 Å². The third-order valence-corrected chi connectivity index (χ3v) is 7.06. The van der Waals surface area contributed by atoms with Gasteiger partial charge in [-0.05, 0) is 30.2 Å². The standard InChI is InChI=1S/C27H28N4O2/c1-29-17-20-15-21-18-30(12-13-31(21)25-6-4-5-24(29)27(20)25)11-2-3-14-33-22-9-7-19-8-10-26(32)28-23(19)16-22/h2-10,16-17,19,21H,11-15,18H2,1H3/b3-2+. The van der Waals surface area contributed by atoms with Crippen LogP contribution in [0.4, 0.5) is 5.69 Å². The Balaban J connectivity index is 1.03. The Kier molecular flexibility index (Phi) is 5.03. The number of nitrogens with zero attached hydrogens (tertiary/aromatic N) is 4. The van der Waals surface area contributed by atoms with Gasteiger partial charge in [0.25, 0.3) is 5.91 Å². The van der Waals surface area contributed by atoms with Gasteiger partial charge in [-0.2, -0.15) is 0 Å². The molecule has 1 aromatic heterocycles. The number of piperazine rings is 1. The number of allylic oxidation sites excluding steroid dienone is 4. The van der Waals surface area contributed by atoms with Gasteiger partial charge in [0, 0.05) is 74.6 Å². The second-order valence-corrected chi connectivity index (χ2v) is 9.20. The van der Waals surface area contributed by atoms with Gasteiger partial charge in [0.05, 0.1) is 11.2 Å². The van der Waals surface area contributed by atoms with Crippen LogP contribution in [-0.4, -0.2) is 59.9 Å². The number of hydrogen-bond donors (Lipinski definition) is 0. The lowest BCUT2D eigenvalue weighted by Crippen LogP contribution is -2.55. The molecule has 33 heavy (non-hydrogen) atoms. The second kappa shape index (κ2) is 8.19. The first-order valence-corrected chi connectivity index (χ1v) is 11.7. The monoisotopic (exact) mass is 440 g/mol. The maximum atomic E-state index is 11.5.